The first-order chi connectivity index (χ1) is 15.8. The van der Waals surface area contributed by atoms with Crippen LogP contribution in [0.2, 0.25) is 0 Å². The summed E-state index contributed by atoms with van der Waals surface area (Å²) in [6, 6.07) is 28.9. The summed E-state index contributed by atoms with van der Waals surface area (Å²) in [4.78, 5) is 14.3. The molecule has 0 saturated carbocycles. The maximum atomic E-state index is 6.40. The average Bonchev–Trinajstić information content (AvgIpc) is 2.86. The number of nitrogens with two attached hydrogens (primary N) is 1. The highest BCUT2D eigenvalue weighted by Gasteiger charge is 2.18. The van der Waals surface area contributed by atoms with E-state index in [-0.39, 0.29) is 0 Å². The van der Waals surface area contributed by atoms with Crippen molar-refractivity contribution >= 4 is 16.7 Å². The van der Waals surface area contributed by atoms with Gasteiger partial charge in [0.05, 0.1) is 16.9 Å². The summed E-state index contributed by atoms with van der Waals surface area (Å²) >= 11 is 0. The van der Waals surface area contributed by atoms with Gasteiger partial charge in [-0.15, -0.1) is 0 Å². The van der Waals surface area contributed by atoms with Gasteiger partial charge in [0.2, 0.25) is 0 Å². The monoisotopic (exact) mass is 416 g/mol. The van der Waals surface area contributed by atoms with Gasteiger partial charge in [0.15, 0.2) is 0 Å². The molecular formula is C28H24N4. The van der Waals surface area contributed by atoms with E-state index in [0.717, 1.165) is 52.7 Å². The van der Waals surface area contributed by atoms with E-state index in [4.69, 9.17) is 20.7 Å². The number of fused-ring (bicyclic) bond motifs is 1. The van der Waals surface area contributed by atoms with Crippen molar-refractivity contribution in [2.75, 3.05) is 5.73 Å². The largest absolute Gasteiger partial charge is 0.383 e. The molecule has 2 N–H and O–H groups in total. The molecule has 0 radical (unpaired) electrons. The van der Waals surface area contributed by atoms with Gasteiger partial charge in [0, 0.05) is 35.3 Å². The van der Waals surface area contributed by atoms with Crippen LogP contribution in [0.5, 0.6) is 0 Å². The van der Waals surface area contributed by atoms with Crippen molar-refractivity contribution in [3.8, 4) is 11.3 Å². The Bertz CT molecular complexity index is 1350. The van der Waals surface area contributed by atoms with Crippen LogP contribution in [-0.4, -0.2) is 15.0 Å². The molecule has 0 aliphatic rings. The third-order valence-electron chi connectivity index (χ3n) is 5.75. The fourth-order valence-corrected chi connectivity index (χ4v) is 4.16. The summed E-state index contributed by atoms with van der Waals surface area (Å²) in [5, 5.41) is 0.886. The third kappa shape index (κ3) is 4.08. The first kappa shape index (κ1) is 19.9. The predicted octanol–water partition coefficient (Wildman–Crippen LogP) is 5.65. The highest BCUT2D eigenvalue weighted by molar-refractivity contribution is 5.94. The topological polar surface area (TPSA) is 64.7 Å². The Kier molecular flexibility index (Phi) is 5.58. The predicted molar refractivity (Wildman–Crippen MR) is 130 cm³/mol. The molecule has 4 heteroatoms. The smallest absolute Gasteiger partial charge is 0.133 e. The van der Waals surface area contributed by atoms with Gasteiger partial charge in [-0.05, 0) is 48.2 Å². The van der Waals surface area contributed by atoms with Gasteiger partial charge < -0.3 is 5.73 Å². The van der Waals surface area contributed by atoms with Crippen LogP contribution in [0.15, 0.2) is 97.3 Å². The summed E-state index contributed by atoms with van der Waals surface area (Å²) < 4.78 is 0. The van der Waals surface area contributed by atoms with Gasteiger partial charge in [-0.3, -0.25) is 9.97 Å². The molecule has 0 saturated heterocycles. The van der Waals surface area contributed by atoms with Crippen molar-refractivity contribution in [1.82, 2.24) is 15.0 Å². The minimum absolute atomic E-state index is 0.498. The van der Waals surface area contributed by atoms with Gasteiger partial charge in [-0.25, -0.2) is 4.98 Å². The number of pyridine rings is 3. The molecule has 0 aliphatic heterocycles. The molecule has 0 bridgehead atoms. The molecule has 0 amide bonds. The molecular weight excluding hydrogens is 392 g/mol. The zero-order valence-corrected chi connectivity index (χ0v) is 17.8. The minimum atomic E-state index is 0.498. The normalized spacial score (nSPS) is 11.0. The Hall–Kier alpha value is -4.05. The molecule has 5 rings (SSSR count). The van der Waals surface area contributed by atoms with Gasteiger partial charge in [-0.1, -0.05) is 60.7 Å². The quantitative estimate of drug-likeness (QED) is 0.388. The molecule has 0 atom stereocenters. The van der Waals surface area contributed by atoms with E-state index in [2.05, 4.69) is 54.6 Å². The average molecular weight is 417 g/mol. The lowest BCUT2D eigenvalue weighted by Gasteiger charge is -2.16. The number of hydrogen-bond acceptors (Lipinski definition) is 4. The van der Waals surface area contributed by atoms with E-state index in [9.17, 15) is 0 Å². The fraction of sp³-hybridized carbons (Fsp3) is 0.107. The second-order valence-electron chi connectivity index (χ2n) is 7.87. The van der Waals surface area contributed by atoms with E-state index >= 15 is 0 Å². The fourth-order valence-electron chi connectivity index (χ4n) is 4.16. The van der Waals surface area contributed by atoms with E-state index in [0.29, 0.717) is 5.82 Å². The first-order valence-electron chi connectivity index (χ1n) is 10.8. The molecule has 3 aromatic heterocycles. The van der Waals surface area contributed by atoms with Crippen LogP contribution in [0, 0.1) is 0 Å². The van der Waals surface area contributed by atoms with E-state index in [1.165, 1.54) is 11.1 Å². The van der Waals surface area contributed by atoms with Crippen LogP contribution in [0.3, 0.4) is 0 Å². The SMILES string of the molecule is Nc1nc(-c2cccnc2CCc2ccccc2)c(Cc2ccccc2)c2ncccc12. The Morgan fingerprint density at radius 3 is 2.12 bits per heavy atom. The Morgan fingerprint density at radius 2 is 1.34 bits per heavy atom. The Morgan fingerprint density at radius 1 is 0.656 bits per heavy atom. The van der Waals surface area contributed by atoms with Crippen molar-refractivity contribution in [2.24, 2.45) is 0 Å². The summed E-state index contributed by atoms with van der Waals surface area (Å²) in [6.45, 7) is 0. The van der Waals surface area contributed by atoms with Crippen molar-refractivity contribution in [2.45, 2.75) is 19.3 Å². The number of anilines is 1. The minimum Gasteiger partial charge on any atom is -0.383 e. The zero-order valence-electron chi connectivity index (χ0n) is 17.8. The summed E-state index contributed by atoms with van der Waals surface area (Å²) in [6.07, 6.45) is 6.14. The van der Waals surface area contributed by atoms with Crippen LogP contribution in [-0.2, 0) is 19.3 Å². The molecule has 0 spiro atoms. The van der Waals surface area contributed by atoms with Crippen LogP contribution in [0.4, 0.5) is 5.82 Å². The van der Waals surface area contributed by atoms with Gasteiger partial charge in [0.1, 0.15) is 5.82 Å². The van der Waals surface area contributed by atoms with Crippen molar-refractivity contribution < 1.29 is 0 Å². The zero-order chi connectivity index (χ0) is 21.8. The second-order valence-corrected chi connectivity index (χ2v) is 7.87. The molecule has 3 heterocycles. The van der Waals surface area contributed by atoms with Crippen molar-refractivity contribution in [1.29, 1.82) is 0 Å². The van der Waals surface area contributed by atoms with Crippen LogP contribution in [0.1, 0.15) is 22.4 Å². The molecule has 0 fully saturated rings. The van der Waals surface area contributed by atoms with Crippen LogP contribution < -0.4 is 5.73 Å². The maximum absolute atomic E-state index is 6.40. The van der Waals surface area contributed by atoms with Gasteiger partial charge >= 0.3 is 0 Å². The lowest BCUT2D eigenvalue weighted by molar-refractivity contribution is 0.914. The number of nitrogen functional groups attached to an aromatic ring is 1. The maximum Gasteiger partial charge on any atom is 0.133 e. The first-order valence-corrected chi connectivity index (χ1v) is 10.8. The number of benzene rings is 2. The second kappa shape index (κ2) is 8.98. The standard InChI is InChI=1S/C28H24N4/c29-28-23-14-8-18-31-26(23)24(19-21-11-5-2-6-12-21)27(32-28)22-13-7-17-30-25(22)16-15-20-9-3-1-4-10-20/h1-14,17-18H,15-16,19H2,(H2,29,32). The molecule has 2 aromatic carbocycles. The van der Waals surface area contributed by atoms with Crippen LogP contribution in [0.25, 0.3) is 22.2 Å². The number of hydrogen-bond donors (Lipinski definition) is 1. The van der Waals surface area contributed by atoms with Crippen LogP contribution >= 0.6 is 0 Å². The van der Waals surface area contributed by atoms with E-state index < -0.39 is 0 Å². The van der Waals surface area contributed by atoms with E-state index in [1.54, 1.807) is 0 Å². The Balaban J connectivity index is 1.63. The third-order valence-corrected chi connectivity index (χ3v) is 5.75. The van der Waals surface area contributed by atoms with Crippen molar-refractivity contribution in [3.63, 3.8) is 0 Å². The highest BCUT2D eigenvalue weighted by atomic mass is 14.9. The van der Waals surface area contributed by atoms with Gasteiger partial charge in [0.25, 0.3) is 0 Å². The number of aryl methyl sites for hydroxylation is 2. The lowest BCUT2D eigenvalue weighted by Crippen LogP contribution is -2.05. The molecule has 4 nitrogen and oxygen atoms in total. The molecule has 156 valence electrons. The summed E-state index contributed by atoms with van der Waals surface area (Å²) in [5.74, 6) is 0.498. The highest BCUT2D eigenvalue weighted by Crippen LogP contribution is 2.33. The lowest BCUT2D eigenvalue weighted by atomic mass is 9.94. The van der Waals surface area contributed by atoms with Gasteiger partial charge in [-0.2, -0.15) is 0 Å². The summed E-state index contributed by atoms with van der Waals surface area (Å²) in [5.41, 5.74) is 13.8. The molecule has 5 aromatic rings. The Labute approximate surface area is 187 Å². The molecule has 32 heavy (non-hydrogen) atoms. The number of nitrogens with zero attached hydrogens (tertiary/aromatic N) is 3. The molecule has 0 unspecified atom stereocenters. The molecule has 0 aliphatic carbocycles. The summed E-state index contributed by atoms with van der Waals surface area (Å²) in [7, 11) is 0. The number of rotatable bonds is 6. The van der Waals surface area contributed by atoms with Crippen molar-refractivity contribution in [3.05, 3.63) is 120 Å². The van der Waals surface area contributed by atoms with E-state index in [1.807, 2.05) is 42.7 Å². The number of aromatic nitrogens is 3.